The molecule has 5 heteroatoms. The molecule has 12 heavy (non-hydrogen) atoms. The van der Waals surface area contributed by atoms with Crippen molar-refractivity contribution in [2.75, 3.05) is 5.73 Å². The minimum absolute atomic E-state index is 0. The molecule has 0 aromatic carbocycles. The van der Waals surface area contributed by atoms with Gasteiger partial charge in [0.25, 0.3) is 0 Å². The van der Waals surface area contributed by atoms with Crippen LogP contribution in [-0.4, -0.2) is 24.0 Å². The van der Waals surface area contributed by atoms with E-state index < -0.39 is 0 Å². The zero-order valence-corrected chi connectivity index (χ0v) is 7.20. The zero-order chi connectivity index (χ0) is 9.56. The molecule has 0 fully saturated rings. The molecule has 0 atom stereocenters. The van der Waals surface area contributed by atoms with Gasteiger partial charge in [-0.3, -0.25) is 4.98 Å². The van der Waals surface area contributed by atoms with Gasteiger partial charge < -0.3 is 11.1 Å². The van der Waals surface area contributed by atoms with E-state index in [4.69, 9.17) is 19.0 Å². The Balaban J connectivity index is 0. The first kappa shape index (κ1) is 10.6. The van der Waals surface area contributed by atoms with Crippen LogP contribution in [-0.2, 0) is 0 Å². The van der Waals surface area contributed by atoms with Crippen LogP contribution in [0, 0.1) is 5.41 Å². The van der Waals surface area contributed by atoms with E-state index in [0.717, 1.165) is 6.21 Å². The van der Waals surface area contributed by atoms with Crippen molar-refractivity contribution in [3.05, 3.63) is 11.9 Å². The number of nitrogens with zero attached hydrogens (tertiary/aromatic N) is 2. The van der Waals surface area contributed by atoms with Crippen LogP contribution in [0.3, 0.4) is 0 Å². The molecule has 2 radical (unpaired) electrons. The molecule has 4 nitrogen and oxygen atoms in total. The summed E-state index contributed by atoms with van der Waals surface area (Å²) in [6.07, 6.45) is 2.36. The molecular formula is C7H13BN4. The van der Waals surface area contributed by atoms with E-state index in [1.807, 2.05) is 13.8 Å². The first-order valence-corrected chi connectivity index (χ1v) is 3.62. The standard InChI is InChI=1S/C5H5BN4.C2H6.H2/c6-4-2-9-5(8)3(1-7)10-4;1-2;/h1-2,7H,(H2,8,9);1-2H3;1H. The van der Waals surface area contributed by atoms with Gasteiger partial charge in [-0.1, -0.05) is 13.8 Å². The highest BCUT2D eigenvalue weighted by atomic mass is 14.9. The highest BCUT2D eigenvalue weighted by molar-refractivity contribution is 6.30. The normalized spacial score (nSPS) is 8.17. The number of hydrogen-bond acceptors (Lipinski definition) is 4. The first-order chi connectivity index (χ1) is 5.74. The summed E-state index contributed by atoms with van der Waals surface area (Å²) < 4.78 is 0. The van der Waals surface area contributed by atoms with Crippen LogP contribution in [0.2, 0.25) is 0 Å². The van der Waals surface area contributed by atoms with Gasteiger partial charge in [0.05, 0.1) is 0 Å². The van der Waals surface area contributed by atoms with Crippen molar-refractivity contribution in [1.29, 1.82) is 5.41 Å². The molecule has 0 bridgehead atoms. The summed E-state index contributed by atoms with van der Waals surface area (Å²) in [6, 6.07) is 0. The Bertz CT molecular complexity index is 267. The van der Waals surface area contributed by atoms with Crippen LogP contribution < -0.4 is 11.3 Å². The van der Waals surface area contributed by atoms with Crippen molar-refractivity contribution in [2.45, 2.75) is 13.8 Å². The van der Waals surface area contributed by atoms with Gasteiger partial charge in [0.2, 0.25) is 0 Å². The van der Waals surface area contributed by atoms with Gasteiger partial charge in [0.1, 0.15) is 13.5 Å². The lowest BCUT2D eigenvalue weighted by atomic mass is 10.1. The largest absolute Gasteiger partial charge is 0.382 e. The predicted octanol–water partition coefficient (Wildman–Crippen LogP) is 0.122. The molecule has 0 saturated carbocycles. The third kappa shape index (κ3) is 2.69. The highest BCUT2D eigenvalue weighted by Crippen LogP contribution is 1.95. The van der Waals surface area contributed by atoms with Gasteiger partial charge in [-0.15, -0.1) is 0 Å². The molecule has 0 saturated heterocycles. The lowest BCUT2D eigenvalue weighted by Crippen LogP contribution is -2.13. The Morgan fingerprint density at radius 1 is 1.67 bits per heavy atom. The van der Waals surface area contributed by atoms with Crippen molar-refractivity contribution in [2.24, 2.45) is 0 Å². The van der Waals surface area contributed by atoms with Crippen LogP contribution >= 0.6 is 0 Å². The Hall–Kier alpha value is -1.39. The maximum Gasteiger partial charge on any atom is 0.150 e. The molecule has 0 aliphatic rings. The number of nitrogens with two attached hydrogens (primary N) is 1. The lowest BCUT2D eigenvalue weighted by Gasteiger charge is -1.97. The van der Waals surface area contributed by atoms with E-state index >= 15 is 0 Å². The van der Waals surface area contributed by atoms with Gasteiger partial charge in [-0.2, -0.15) is 0 Å². The molecule has 0 spiro atoms. The number of nitrogen functional groups attached to an aromatic ring is 1. The number of hydrogen-bond donors (Lipinski definition) is 2. The van der Waals surface area contributed by atoms with Crippen molar-refractivity contribution < 1.29 is 1.43 Å². The average molecular weight is 164 g/mol. The second kappa shape index (κ2) is 5.29. The summed E-state index contributed by atoms with van der Waals surface area (Å²) in [5, 5.41) is 6.82. The Labute approximate surface area is 74.6 Å². The smallest absolute Gasteiger partial charge is 0.150 e. The first-order valence-electron chi connectivity index (χ1n) is 3.62. The molecule has 0 aliphatic heterocycles. The second-order valence-electron chi connectivity index (χ2n) is 1.71. The van der Waals surface area contributed by atoms with Crippen molar-refractivity contribution in [1.82, 2.24) is 9.97 Å². The van der Waals surface area contributed by atoms with E-state index in [1.54, 1.807) is 0 Å². The van der Waals surface area contributed by atoms with Crippen molar-refractivity contribution in [3.63, 3.8) is 0 Å². The van der Waals surface area contributed by atoms with Gasteiger partial charge in [-0.25, -0.2) is 4.98 Å². The van der Waals surface area contributed by atoms with Crippen LogP contribution in [0.1, 0.15) is 21.0 Å². The third-order valence-electron chi connectivity index (χ3n) is 0.985. The molecule has 0 aliphatic carbocycles. The maximum atomic E-state index is 6.82. The molecule has 3 N–H and O–H groups in total. The summed E-state index contributed by atoms with van der Waals surface area (Å²) in [5.74, 6) is 0.226. The Morgan fingerprint density at radius 3 is 2.67 bits per heavy atom. The van der Waals surface area contributed by atoms with Gasteiger partial charge in [0, 0.05) is 19.4 Å². The lowest BCUT2D eigenvalue weighted by molar-refractivity contribution is 1.23. The maximum absolute atomic E-state index is 6.82. The molecule has 1 aromatic rings. The SMILES string of the molecule is CC.[B]c1cnc(N)c(C=N)n1.[HH]. The van der Waals surface area contributed by atoms with E-state index in [1.165, 1.54) is 6.20 Å². The van der Waals surface area contributed by atoms with Crippen molar-refractivity contribution >= 4 is 25.5 Å². The van der Waals surface area contributed by atoms with Gasteiger partial charge in [0.15, 0.2) is 5.82 Å². The number of nitrogens with one attached hydrogen (secondary N) is 1. The summed E-state index contributed by atoms with van der Waals surface area (Å²) in [5.41, 5.74) is 5.90. The van der Waals surface area contributed by atoms with Crippen molar-refractivity contribution in [3.8, 4) is 0 Å². The van der Waals surface area contributed by atoms with E-state index in [0.29, 0.717) is 5.69 Å². The third-order valence-corrected chi connectivity index (χ3v) is 0.985. The van der Waals surface area contributed by atoms with Crippen LogP contribution in [0.4, 0.5) is 5.82 Å². The highest BCUT2D eigenvalue weighted by Gasteiger charge is 1.96. The molecule has 1 rings (SSSR count). The minimum Gasteiger partial charge on any atom is -0.382 e. The molecule has 0 unspecified atom stereocenters. The van der Waals surface area contributed by atoms with E-state index in [-0.39, 0.29) is 12.8 Å². The zero-order valence-electron chi connectivity index (χ0n) is 7.20. The minimum atomic E-state index is 0. The summed E-state index contributed by atoms with van der Waals surface area (Å²) in [4.78, 5) is 7.43. The number of anilines is 1. The topological polar surface area (TPSA) is 75.7 Å². The number of rotatable bonds is 1. The van der Waals surface area contributed by atoms with Crippen LogP contribution in [0.5, 0.6) is 0 Å². The molecule has 1 heterocycles. The number of aromatic nitrogens is 2. The fourth-order valence-corrected chi connectivity index (χ4v) is 0.533. The second-order valence-corrected chi connectivity index (χ2v) is 1.71. The van der Waals surface area contributed by atoms with Gasteiger partial charge in [-0.05, 0) is 0 Å². The molecule has 1 aromatic heterocycles. The molecule has 0 amide bonds. The Kier molecular flexibility index (Phi) is 4.68. The van der Waals surface area contributed by atoms with Crippen LogP contribution in [0.25, 0.3) is 0 Å². The summed E-state index contributed by atoms with van der Waals surface area (Å²) in [7, 11) is 5.27. The molecular weight excluding hydrogens is 151 g/mol. The summed E-state index contributed by atoms with van der Waals surface area (Å²) >= 11 is 0. The van der Waals surface area contributed by atoms with E-state index in [9.17, 15) is 0 Å². The predicted molar refractivity (Wildman–Crippen MR) is 53.2 cm³/mol. The van der Waals surface area contributed by atoms with Crippen LogP contribution in [0.15, 0.2) is 6.20 Å². The van der Waals surface area contributed by atoms with E-state index in [2.05, 4.69) is 9.97 Å². The van der Waals surface area contributed by atoms with Gasteiger partial charge >= 0.3 is 0 Å². The fourth-order valence-electron chi connectivity index (χ4n) is 0.533. The fraction of sp³-hybridized carbons (Fsp3) is 0.286. The Morgan fingerprint density at radius 2 is 2.25 bits per heavy atom. The average Bonchev–Trinajstić information content (AvgIpc) is 2.13. The summed E-state index contributed by atoms with van der Waals surface area (Å²) in [6.45, 7) is 4.00. The quantitative estimate of drug-likeness (QED) is 0.457. The monoisotopic (exact) mass is 164 g/mol. The molecule has 64 valence electrons.